The number of benzene rings is 1. The van der Waals surface area contributed by atoms with Gasteiger partial charge < -0.3 is 5.32 Å². The number of para-hydroxylation sites is 1. The number of hydrogen-bond acceptors (Lipinski definition) is 1. The lowest BCUT2D eigenvalue weighted by Gasteiger charge is -2.26. The fourth-order valence-corrected chi connectivity index (χ4v) is 3.62. The quantitative estimate of drug-likeness (QED) is 0.871. The number of hydrogen-bond donors (Lipinski definition) is 1. The second-order valence-corrected chi connectivity index (χ2v) is 6.43. The Hall–Kier alpha value is -1.51. The van der Waals surface area contributed by atoms with Gasteiger partial charge >= 0.3 is 6.03 Å². The van der Waals surface area contributed by atoms with Crippen molar-refractivity contribution in [2.24, 2.45) is 5.92 Å². The van der Waals surface area contributed by atoms with Crippen molar-refractivity contribution in [1.82, 2.24) is 5.32 Å². The minimum atomic E-state index is 0.0925. The smallest absolute Gasteiger partial charge is 0.321 e. The number of fused-ring (bicyclic) bond motifs is 1. The Morgan fingerprint density at radius 2 is 1.90 bits per heavy atom. The van der Waals surface area contributed by atoms with Gasteiger partial charge in [0.25, 0.3) is 0 Å². The molecule has 1 fully saturated rings. The average molecular weight is 286 g/mol. The van der Waals surface area contributed by atoms with Crippen molar-refractivity contribution < 1.29 is 4.79 Å². The molecule has 0 spiro atoms. The minimum Gasteiger partial charge on any atom is -0.337 e. The van der Waals surface area contributed by atoms with E-state index in [-0.39, 0.29) is 6.03 Å². The van der Waals surface area contributed by atoms with Gasteiger partial charge in [-0.3, -0.25) is 4.90 Å². The molecule has 1 aromatic carbocycles. The summed E-state index contributed by atoms with van der Waals surface area (Å²) in [6.07, 6.45) is 9.91. The first-order chi connectivity index (χ1) is 10.3. The van der Waals surface area contributed by atoms with E-state index in [1.807, 2.05) is 11.0 Å². The van der Waals surface area contributed by atoms with Crippen LogP contribution < -0.4 is 10.2 Å². The molecule has 2 amide bonds. The van der Waals surface area contributed by atoms with Crippen LogP contribution in [-0.2, 0) is 6.42 Å². The third kappa shape index (κ3) is 3.58. The molecule has 0 bridgehead atoms. The summed E-state index contributed by atoms with van der Waals surface area (Å²) in [7, 11) is 0. The van der Waals surface area contributed by atoms with Crippen LogP contribution in [-0.4, -0.2) is 19.1 Å². The van der Waals surface area contributed by atoms with Crippen LogP contribution in [0.2, 0.25) is 0 Å². The van der Waals surface area contributed by atoms with Gasteiger partial charge in [-0.2, -0.15) is 0 Å². The van der Waals surface area contributed by atoms with Crippen molar-refractivity contribution in [3.8, 4) is 0 Å². The lowest BCUT2D eigenvalue weighted by molar-refractivity contribution is 0.241. The molecular formula is C18H26N2O. The Balaban J connectivity index is 1.63. The molecule has 3 rings (SSSR count). The van der Waals surface area contributed by atoms with Crippen LogP contribution in [0, 0.1) is 5.92 Å². The molecule has 3 nitrogen and oxygen atoms in total. The molecule has 1 saturated carbocycles. The van der Waals surface area contributed by atoms with Gasteiger partial charge in [-0.25, -0.2) is 4.79 Å². The van der Waals surface area contributed by atoms with Crippen molar-refractivity contribution in [2.75, 3.05) is 18.0 Å². The van der Waals surface area contributed by atoms with Crippen LogP contribution in [0.1, 0.15) is 50.5 Å². The van der Waals surface area contributed by atoms with Gasteiger partial charge in [-0.15, -0.1) is 0 Å². The van der Waals surface area contributed by atoms with Crippen LogP contribution >= 0.6 is 0 Å². The van der Waals surface area contributed by atoms with E-state index in [1.165, 1.54) is 44.1 Å². The van der Waals surface area contributed by atoms with Gasteiger partial charge in [0.1, 0.15) is 0 Å². The molecule has 1 aliphatic heterocycles. The van der Waals surface area contributed by atoms with Gasteiger partial charge in [0.2, 0.25) is 0 Å². The van der Waals surface area contributed by atoms with Crippen molar-refractivity contribution in [2.45, 2.75) is 51.4 Å². The van der Waals surface area contributed by atoms with Crippen molar-refractivity contribution in [3.05, 3.63) is 29.8 Å². The number of amides is 2. The van der Waals surface area contributed by atoms with E-state index in [0.717, 1.165) is 31.6 Å². The summed E-state index contributed by atoms with van der Waals surface area (Å²) in [5.41, 5.74) is 2.42. The number of anilines is 1. The molecule has 2 aliphatic rings. The predicted octanol–water partition coefficient (Wildman–Crippen LogP) is 4.12. The predicted molar refractivity (Wildman–Crippen MR) is 86.7 cm³/mol. The largest absolute Gasteiger partial charge is 0.337 e. The molecule has 0 atom stereocenters. The molecule has 1 aliphatic carbocycles. The number of nitrogens with zero attached hydrogens (tertiary/aromatic N) is 1. The number of rotatable bonds is 2. The van der Waals surface area contributed by atoms with E-state index in [4.69, 9.17) is 0 Å². The van der Waals surface area contributed by atoms with Crippen LogP contribution in [0.25, 0.3) is 0 Å². The maximum atomic E-state index is 12.6. The highest BCUT2D eigenvalue weighted by atomic mass is 16.2. The molecule has 0 saturated heterocycles. The molecule has 1 aromatic rings. The summed E-state index contributed by atoms with van der Waals surface area (Å²) < 4.78 is 0. The number of carbonyl (C=O) groups excluding carboxylic acids is 1. The summed E-state index contributed by atoms with van der Waals surface area (Å²) in [5, 5.41) is 3.18. The van der Waals surface area contributed by atoms with E-state index < -0.39 is 0 Å². The van der Waals surface area contributed by atoms with Gasteiger partial charge in [0, 0.05) is 18.8 Å². The standard InChI is InChI=1S/C18H26N2O/c21-18(19-14-15-8-2-1-3-9-15)20-13-7-6-11-16-10-4-5-12-17(16)20/h4-5,10,12,15H,1-3,6-9,11,13-14H2,(H,19,21). The van der Waals surface area contributed by atoms with Gasteiger partial charge in [-0.1, -0.05) is 37.5 Å². The zero-order valence-corrected chi connectivity index (χ0v) is 12.8. The minimum absolute atomic E-state index is 0.0925. The maximum absolute atomic E-state index is 12.6. The summed E-state index contributed by atoms with van der Waals surface area (Å²) in [4.78, 5) is 14.5. The van der Waals surface area contributed by atoms with Crippen molar-refractivity contribution in [3.63, 3.8) is 0 Å². The van der Waals surface area contributed by atoms with Crippen LogP contribution in [0.4, 0.5) is 10.5 Å². The van der Waals surface area contributed by atoms with Crippen LogP contribution in [0.15, 0.2) is 24.3 Å². The third-order valence-electron chi connectivity index (χ3n) is 4.87. The molecule has 3 heteroatoms. The van der Waals surface area contributed by atoms with Gasteiger partial charge in [-0.05, 0) is 49.7 Å². The first kappa shape index (κ1) is 14.4. The normalized spacial score (nSPS) is 19.7. The number of urea groups is 1. The molecule has 114 valence electrons. The lowest BCUT2D eigenvalue weighted by Crippen LogP contribution is -2.42. The second-order valence-electron chi connectivity index (χ2n) is 6.43. The Morgan fingerprint density at radius 1 is 1.10 bits per heavy atom. The Kier molecular flexibility index (Phi) is 4.79. The SMILES string of the molecule is O=C(NCC1CCCCC1)N1CCCCc2ccccc21. The van der Waals surface area contributed by atoms with Crippen LogP contribution in [0.5, 0.6) is 0 Å². The van der Waals surface area contributed by atoms with Gasteiger partial charge in [0.05, 0.1) is 0 Å². The highest BCUT2D eigenvalue weighted by Crippen LogP contribution is 2.26. The summed E-state index contributed by atoms with van der Waals surface area (Å²) in [5.74, 6) is 0.685. The lowest BCUT2D eigenvalue weighted by atomic mass is 9.89. The van der Waals surface area contributed by atoms with E-state index in [0.29, 0.717) is 5.92 Å². The summed E-state index contributed by atoms with van der Waals surface area (Å²) in [6, 6.07) is 8.44. The highest BCUT2D eigenvalue weighted by Gasteiger charge is 2.22. The summed E-state index contributed by atoms with van der Waals surface area (Å²) in [6.45, 7) is 1.69. The van der Waals surface area contributed by atoms with Crippen molar-refractivity contribution >= 4 is 11.7 Å². The Labute approximate surface area is 127 Å². The fraction of sp³-hybridized carbons (Fsp3) is 0.611. The molecule has 0 aromatic heterocycles. The van der Waals surface area contributed by atoms with Crippen LogP contribution in [0.3, 0.4) is 0 Å². The monoisotopic (exact) mass is 286 g/mol. The zero-order valence-electron chi connectivity index (χ0n) is 12.8. The Morgan fingerprint density at radius 3 is 2.76 bits per heavy atom. The fourth-order valence-electron chi connectivity index (χ4n) is 3.62. The molecule has 0 unspecified atom stereocenters. The molecule has 1 N–H and O–H groups in total. The topological polar surface area (TPSA) is 32.3 Å². The first-order valence-corrected chi connectivity index (χ1v) is 8.48. The molecular weight excluding hydrogens is 260 g/mol. The highest BCUT2D eigenvalue weighted by molar-refractivity contribution is 5.92. The van der Waals surface area contributed by atoms with E-state index >= 15 is 0 Å². The summed E-state index contributed by atoms with van der Waals surface area (Å²) >= 11 is 0. The van der Waals surface area contributed by atoms with E-state index in [9.17, 15) is 4.79 Å². The van der Waals surface area contributed by atoms with Crippen molar-refractivity contribution in [1.29, 1.82) is 0 Å². The maximum Gasteiger partial charge on any atom is 0.321 e. The van der Waals surface area contributed by atoms with Gasteiger partial charge in [0.15, 0.2) is 0 Å². The first-order valence-electron chi connectivity index (χ1n) is 8.48. The second kappa shape index (κ2) is 6.97. The average Bonchev–Trinajstić information content (AvgIpc) is 2.76. The Bertz CT molecular complexity index is 480. The molecule has 21 heavy (non-hydrogen) atoms. The third-order valence-corrected chi connectivity index (χ3v) is 4.87. The number of aryl methyl sites for hydroxylation is 1. The molecule has 1 heterocycles. The zero-order chi connectivity index (χ0) is 14.5. The van der Waals surface area contributed by atoms with E-state index in [2.05, 4.69) is 23.5 Å². The number of nitrogens with one attached hydrogen (secondary N) is 1. The molecule has 0 radical (unpaired) electrons. The van der Waals surface area contributed by atoms with E-state index in [1.54, 1.807) is 0 Å². The number of carbonyl (C=O) groups is 1.